The number of hydrogen-bond acceptors (Lipinski definition) is 7. The Morgan fingerprint density at radius 2 is 1.33 bits per heavy atom. The Kier molecular flexibility index (Phi) is 12.0. The molecule has 7 nitrogen and oxygen atoms in total. The predicted octanol–water partition coefficient (Wildman–Crippen LogP) is 11.6. The van der Waals surface area contributed by atoms with Crippen molar-refractivity contribution in [2.24, 2.45) is 7.05 Å². The van der Waals surface area contributed by atoms with Gasteiger partial charge in [0.2, 0.25) is 0 Å². The molecular formula is C47H47N3O4S2Si. The van der Waals surface area contributed by atoms with Crippen LogP contribution in [0.15, 0.2) is 103 Å². The van der Waals surface area contributed by atoms with Crippen LogP contribution in [0, 0.1) is 11.3 Å². The number of benzene rings is 3. The molecule has 0 saturated heterocycles. The Balaban J connectivity index is 1.18. The summed E-state index contributed by atoms with van der Waals surface area (Å²) in [5.41, 5.74) is 6.26. The van der Waals surface area contributed by atoms with Crippen LogP contribution in [0.5, 0.6) is 11.5 Å². The third-order valence-corrected chi connectivity index (χ3v) is 19.0. The normalized spacial score (nSPS) is 13.0. The van der Waals surface area contributed by atoms with Crippen molar-refractivity contribution in [3.8, 4) is 37.9 Å². The van der Waals surface area contributed by atoms with Gasteiger partial charge in [-0.2, -0.15) is 5.26 Å². The van der Waals surface area contributed by atoms with E-state index in [9.17, 15) is 15.2 Å². The lowest BCUT2D eigenvalue weighted by Crippen LogP contribution is -2.54. The number of nitriles is 1. The van der Waals surface area contributed by atoms with Crippen molar-refractivity contribution in [3.63, 3.8) is 0 Å². The molecule has 0 bridgehead atoms. The molecule has 1 N–H and O–H groups in total. The number of carbonyl (C=O) groups is 1. The number of aliphatic carboxylic acids is 1. The number of nitrogens with zero attached hydrogens (tertiary/aromatic N) is 3. The average molecular weight is 810 g/mol. The van der Waals surface area contributed by atoms with Gasteiger partial charge in [0.25, 0.3) is 0 Å². The van der Waals surface area contributed by atoms with Crippen LogP contribution in [0.2, 0.25) is 12.1 Å². The van der Waals surface area contributed by atoms with E-state index in [0.717, 1.165) is 57.5 Å². The van der Waals surface area contributed by atoms with Gasteiger partial charge in [-0.25, -0.2) is 4.79 Å². The first-order valence-corrected chi connectivity index (χ1v) is 23.4. The van der Waals surface area contributed by atoms with E-state index in [1.54, 1.807) is 31.6 Å². The number of carboxylic acids is 1. The second-order valence-corrected chi connectivity index (χ2v) is 20.7. The molecule has 6 aromatic rings. The molecule has 7 rings (SSSR count). The third-order valence-electron chi connectivity index (χ3n) is 10.9. The zero-order valence-corrected chi connectivity index (χ0v) is 35.7. The lowest BCUT2D eigenvalue weighted by atomic mass is 10.1. The highest BCUT2D eigenvalue weighted by Gasteiger charge is 2.47. The summed E-state index contributed by atoms with van der Waals surface area (Å²) in [5, 5.41) is 22.1. The van der Waals surface area contributed by atoms with Gasteiger partial charge in [-0.05, 0) is 125 Å². The second kappa shape index (κ2) is 17.3. The monoisotopic (exact) mass is 809 g/mol. The number of fused-ring (bicyclic) bond motifs is 3. The second-order valence-electron chi connectivity index (χ2n) is 14.4. The van der Waals surface area contributed by atoms with E-state index in [1.165, 1.54) is 55.6 Å². The van der Waals surface area contributed by atoms with Crippen molar-refractivity contribution in [2.75, 3.05) is 19.1 Å². The van der Waals surface area contributed by atoms with Crippen LogP contribution < -0.4 is 24.7 Å². The van der Waals surface area contributed by atoms with Gasteiger partial charge < -0.3 is 24.0 Å². The molecule has 0 spiro atoms. The van der Waals surface area contributed by atoms with Crippen LogP contribution in [0.3, 0.4) is 0 Å². The van der Waals surface area contributed by atoms with Gasteiger partial charge in [-0.15, -0.1) is 22.7 Å². The zero-order valence-electron chi connectivity index (χ0n) is 33.0. The first kappa shape index (κ1) is 39.6. The lowest BCUT2D eigenvalue weighted by molar-refractivity contribution is -0.132. The summed E-state index contributed by atoms with van der Waals surface area (Å²) in [6.07, 6.45) is 10.5. The molecule has 1 aliphatic rings. The Hall–Kier alpha value is -5.60. The molecule has 0 aliphatic carbocycles. The summed E-state index contributed by atoms with van der Waals surface area (Å²) < 4.78 is 13.1. The minimum atomic E-state index is -2.11. The van der Waals surface area contributed by atoms with Crippen LogP contribution >= 0.6 is 22.7 Å². The average Bonchev–Trinajstić information content (AvgIpc) is 4.00. The molecule has 0 amide bonds. The minimum Gasteiger partial charge on any atom is -0.497 e. The maximum absolute atomic E-state index is 11.7. The fourth-order valence-corrected chi connectivity index (χ4v) is 17.5. The van der Waals surface area contributed by atoms with Crippen molar-refractivity contribution >= 4 is 82.4 Å². The summed E-state index contributed by atoms with van der Waals surface area (Å²) in [7, 11) is 3.38. The Bertz CT molecular complexity index is 2410. The number of aromatic nitrogens is 1. The number of methoxy groups -OCH3 is 2. The molecule has 4 heterocycles. The molecule has 0 atom stereocenters. The van der Waals surface area contributed by atoms with Crippen LogP contribution in [0.4, 0.5) is 17.1 Å². The van der Waals surface area contributed by atoms with Crippen molar-refractivity contribution in [1.82, 2.24) is 4.57 Å². The molecule has 290 valence electrons. The van der Waals surface area contributed by atoms with Crippen LogP contribution in [0.25, 0.3) is 38.6 Å². The molecule has 0 unspecified atom stereocenters. The molecule has 0 saturated carbocycles. The summed E-state index contributed by atoms with van der Waals surface area (Å²) in [6.45, 7) is 4.53. The molecule has 10 heteroatoms. The number of unbranched alkanes of at least 4 members (excludes halogenated alkanes) is 2. The molecule has 1 aliphatic heterocycles. The highest BCUT2D eigenvalue weighted by Crippen LogP contribution is 2.46. The van der Waals surface area contributed by atoms with E-state index in [0.29, 0.717) is 0 Å². The first-order valence-electron chi connectivity index (χ1n) is 19.4. The van der Waals surface area contributed by atoms with Crippen LogP contribution in [-0.2, 0) is 11.8 Å². The number of anilines is 3. The van der Waals surface area contributed by atoms with E-state index in [2.05, 4.69) is 115 Å². The minimum absolute atomic E-state index is 0.221. The number of hydrogen-bond donors (Lipinski definition) is 1. The summed E-state index contributed by atoms with van der Waals surface area (Å²) in [5.74, 6) is 0.435. The largest absolute Gasteiger partial charge is 0.497 e. The van der Waals surface area contributed by atoms with E-state index in [1.807, 2.05) is 41.7 Å². The Labute approximate surface area is 344 Å². The van der Waals surface area contributed by atoms with Crippen molar-refractivity contribution in [2.45, 2.75) is 51.6 Å². The van der Waals surface area contributed by atoms with E-state index < -0.39 is 14.0 Å². The Morgan fingerprint density at radius 1 is 0.789 bits per heavy atom. The summed E-state index contributed by atoms with van der Waals surface area (Å²) in [4.78, 5) is 18.7. The quantitative estimate of drug-likeness (QED) is 0.0595. The van der Waals surface area contributed by atoms with Crippen LogP contribution in [-0.4, -0.2) is 37.9 Å². The van der Waals surface area contributed by atoms with E-state index in [-0.39, 0.29) is 5.57 Å². The maximum atomic E-state index is 11.7. The fraction of sp³-hybridized carbons (Fsp3) is 0.234. The molecule has 57 heavy (non-hydrogen) atoms. The summed E-state index contributed by atoms with van der Waals surface area (Å²) in [6, 6.07) is 38.1. The number of thiophene rings is 2. The van der Waals surface area contributed by atoms with E-state index in [4.69, 9.17) is 9.47 Å². The molecule has 0 radical (unpaired) electrons. The molecular weight excluding hydrogens is 763 g/mol. The number of rotatable bonds is 16. The SMILES string of the molecule is CCCC[Si]1(CCCC)c2cc(/C=C(\C#N)C(=O)O)sc2-c2sc(-c3ccc(/C=C/c4ccc(N(c5ccc(OC)cc5)c5ccc(OC)cc5)cc4)n3C)cc21. The predicted molar refractivity (Wildman–Crippen MR) is 241 cm³/mol. The first-order chi connectivity index (χ1) is 27.7. The van der Waals surface area contributed by atoms with E-state index >= 15 is 0 Å². The lowest BCUT2D eigenvalue weighted by Gasteiger charge is -2.28. The summed E-state index contributed by atoms with van der Waals surface area (Å²) >= 11 is 3.50. The number of ether oxygens (including phenoxy) is 2. The topological polar surface area (TPSA) is 87.7 Å². The van der Waals surface area contributed by atoms with Gasteiger partial charge in [-0.3, -0.25) is 0 Å². The van der Waals surface area contributed by atoms with Gasteiger partial charge in [0, 0.05) is 44.4 Å². The van der Waals surface area contributed by atoms with Gasteiger partial charge in [0.15, 0.2) is 0 Å². The van der Waals surface area contributed by atoms with Crippen molar-refractivity contribution in [3.05, 3.63) is 119 Å². The highest BCUT2D eigenvalue weighted by atomic mass is 32.1. The van der Waals surface area contributed by atoms with Gasteiger partial charge in [0.05, 0.1) is 24.8 Å². The Morgan fingerprint density at radius 3 is 1.86 bits per heavy atom. The van der Waals surface area contributed by atoms with Crippen molar-refractivity contribution < 1.29 is 19.4 Å². The standard InChI is InChI=1S/C47H47N3O4S2Si/c1-6-8-26-57(27-9-7-2)43-29-40(28-33(31-48)47(51)52)55-45(43)46-44(57)30-42(56-46)41-25-20-34(49(41)3)13-10-32-11-14-35(15-12-32)50(36-16-21-38(53-4)22-17-36)37-18-23-39(54-5)24-19-37/h10-25,28-30H,6-9,26-27H2,1-5H3,(H,51,52)/b13-10+,33-28+. The van der Waals surface area contributed by atoms with Crippen molar-refractivity contribution in [1.29, 1.82) is 5.26 Å². The zero-order chi connectivity index (χ0) is 40.1. The van der Waals surface area contributed by atoms with Crippen LogP contribution in [0.1, 0.15) is 55.7 Å². The molecule has 3 aromatic heterocycles. The molecule has 3 aromatic carbocycles. The fourth-order valence-electron chi connectivity index (χ4n) is 7.86. The highest BCUT2D eigenvalue weighted by molar-refractivity contribution is 7.30. The molecule has 0 fully saturated rings. The number of carboxylic acid groups (broad SMARTS) is 1. The smallest absolute Gasteiger partial charge is 0.346 e. The van der Waals surface area contributed by atoms with Gasteiger partial charge >= 0.3 is 5.97 Å². The van der Waals surface area contributed by atoms with Gasteiger partial charge in [-0.1, -0.05) is 57.7 Å². The van der Waals surface area contributed by atoms with Gasteiger partial charge in [0.1, 0.15) is 31.2 Å². The third kappa shape index (κ3) is 7.88. The maximum Gasteiger partial charge on any atom is 0.346 e.